The van der Waals surface area contributed by atoms with E-state index in [1.165, 1.54) is 22.5 Å². The Morgan fingerprint density at radius 2 is 1.68 bits per heavy atom. The van der Waals surface area contributed by atoms with Crippen LogP contribution in [0.2, 0.25) is 10.0 Å². The van der Waals surface area contributed by atoms with Crippen molar-refractivity contribution in [3.05, 3.63) is 28.2 Å². The van der Waals surface area contributed by atoms with Crippen LogP contribution in [0.5, 0.6) is 0 Å². The smallest absolute Gasteiger partial charge is 0.243 e. The number of rotatable bonds is 3. The molecule has 122 valence electrons. The average Bonchev–Trinajstić information content (AvgIpc) is 3.00. The maximum Gasteiger partial charge on any atom is 0.243 e. The van der Waals surface area contributed by atoms with Gasteiger partial charge < -0.3 is 9.47 Å². The Bertz CT molecular complexity index is 626. The minimum atomic E-state index is -3.69. The summed E-state index contributed by atoms with van der Waals surface area (Å²) < 4.78 is 38.4. The molecule has 0 spiro atoms. The van der Waals surface area contributed by atoms with Gasteiger partial charge in [0.15, 0.2) is 6.29 Å². The van der Waals surface area contributed by atoms with Gasteiger partial charge >= 0.3 is 0 Å². The third kappa shape index (κ3) is 3.27. The zero-order valence-corrected chi connectivity index (χ0v) is 14.2. The lowest BCUT2D eigenvalue weighted by atomic mass is 10.0. The molecule has 22 heavy (non-hydrogen) atoms. The van der Waals surface area contributed by atoms with Crippen LogP contribution in [0.3, 0.4) is 0 Å². The molecule has 8 heteroatoms. The second-order valence-corrected chi connectivity index (χ2v) is 8.16. The van der Waals surface area contributed by atoms with Crippen LogP contribution in [-0.2, 0) is 19.5 Å². The summed E-state index contributed by atoms with van der Waals surface area (Å²) in [7, 11) is -3.69. The molecule has 0 aromatic heterocycles. The SMILES string of the molecule is O=S(=O)(c1cc(Cl)cc(Cl)c1)N1CCCC[C@H]1C1OCCO1. The molecular formula is C14H17Cl2NO4S. The molecule has 2 saturated heterocycles. The van der Waals surface area contributed by atoms with Crippen molar-refractivity contribution >= 4 is 33.2 Å². The number of piperidine rings is 1. The molecule has 0 saturated carbocycles. The second-order valence-electron chi connectivity index (χ2n) is 5.39. The summed E-state index contributed by atoms with van der Waals surface area (Å²) in [5.41, 5.74) is 0. The third-order valence-corrected chi connectivity index (χ3v) is 6.24. The molecule has 2 aliphatic rings. The van der Waals surface area contributed by atoms with E-state index in [1.807, 2.05) is 0 Å². The summed E-state index contributed by atoms with van der Waals surface area (Å²) in [6.45, 7) is 1.44. The average molecular weight is 366 g/mol. The summed E-state index contributed by atoms with van der Waals surface area (Å²) >= 11 is 11.9. The molecule has 2 heterocycles. The van der Waals surface area contributed by atoms with Gasteiger partial charge in [-0.3, -0.25) is 0 Å². The highest BCUT2D eigenvalue weighted by molar-refractivity contribution is 7.89. The maximum atomic E-state index is 13.0. The maximum absolute atomic E-state index is 13.0. The number of ether oxygens (including phenoxy) is 2. The van der Waals surface area contributed by atoms with Crippen molar-refractivity contribution in [3.63, 3.8) is 0 Å². The molecule has 5 nitrogen and oxygen atoms in total. The first kappa shape index (κ1) is 16.5. The molecule has 3 rings (SSSR count). The molecule has 0 radical (unpaired) electrons. The summed E-state index contributed by atoms with van der Waals surface area (Å²) in [5, 5.41) is 0.598. The predicted molar refractivity (Wildman–Crippen MR) is 83.7 cm³/mol. The Balaban J connectivity index is 1.94. The highest BCUT2D eigenvalue weighted by Gasteiger charge is 2.40. The number of hydrogen-bond acceptors (Lipinski definition) is 4. The van der Waals surface area contributed by atoms with Crippen molar-refractivity contribution in [2.75, 3.05) is 19.8 Å². The van der Waals surface area contributed by atoms with Crippen molar-refractivity contribution < 1.29 is 17.9 Å². The van der Waals surface area contributed by atoms with Crippen LogP contribution in [0, 0.1) is 0 Å². The molecule has 0 aliphatic carbocycles. The first-order valence-corrected chi connectivity index (χ1v) is 9.39. The van der Waals surface area contributed by atoms with Crippen molar-refractivity contribution in [1.82, 2.24) is 4.31 Å². The van der Waals surface area contributed by atoms with Gasteiger partial charge in [-0.15, -0.1) is 0 Å². The lowest BCUT2D eigenvalue weighted by Gasteiger charge is -2.36. The van der Waals surface area contributed by atoms with Gasteiger partial charge in [-0.1, -0.05) is 29.6 Å². The van der Waals surface area contributed by atoms with Gasteiger partial charge in [-0.2, -0.15) is 4.31 Å². The summed E-state index contributed by atoms with van der Waals surface area (Å²) in [4.78, 5) is 0.106. The lowest BCUT2D eigenvalue weighted by molar-refractivity contribution is -0.0913. The number of hydrogen-bond donors (Lipinski definition) is 0. The minimum absolute atomic E-state index is 0.106. The zero-order chi connectivity index (χ0) is 15.7. The Labute approximate surface area is 140 Å². The van der Waals surface area contributed by atoms with Crippen LogP contribution >= 0.6 is 23.2 Å². The van der Waals surface area contributed by atoms with E-state index < -0.39 is 16.3 Å². The molecule has 2 aliphatic heterocycles. The Kier molecular flexibility index (Phi) is 4.97. The van der Waals surface area contributed by atoms with Gasteiger partial charge in [0.25, 0.3) is 0 Å². The quantitative estimate of drug-likeness (QED) is 0.826. The van der Waals surface area contributed by atoms with Crippen LogP contribution in [0.25, 0.3) is 0 Å². The Hall–Kier alpha value is -0.370. The third-order valence-electron chi connectivity index (χ3n) is 3.90. The first-order valence-electron chi connectivity index (χ1n) is 7.19. The van der Waals surface area contributed by atoms with E-state index in [4.69, 9.17) is 32.7 Å². The van der Waals surface area contributed by atoms with Crippen LogP contribution in [-0.4, -0.2) is 44.8 Å². The minimum Gasteiger partial charge on any atom is -0.349 e. The van der Waals surface area contributed by atoms with Gasteiger partial charge in [0.05, 0.1) is 24.2 Å². The van der Waals surface area contributed by atoms with Gasteiger partial charge in [0.2, 0.25) is 10.0 Å². The lowest BCUT2D eigenvalue weighted by Crippen LogP contribution is -2.50. The normalized spacial score (nSPS) is 24.7. The fourth-order valence-corrected chi connectivity index (χ4v) is 5.32. The fourth-order valence-electron chi connectivity index (χ4n) is 2.91. The predicted octanol–water partition coefficient (Wildman–Crippen LogP) is 2.91. The van der Waals surface area contributed by atoms with Crippen LogP contribution in [0.15, 0.2) is 23.1 Å². The number of sulfonamides is 1. The number of benzene rings is 1. The summed E-state index contributed by atoms with van der Waals surface area (Å²) in [6.07, 6.45) is 2.00. The summed E-state index contributed by atoms with van der Waals surface area (Å²) in [5.74, 6) is 0. The molecule has 0 N–H and O–H groups in total. The molecule has 1 aromatic carbocycles. The molecule has 1 atom stereocenters. The van der Waals surface area contributed by atoms with Crippen LogP contribution in [0.4, 0.5) is 0 Å². The van der Waals surface area contributed by atoms with Crippen molar-refractivity contribution in [2.45, 2.75) is 36.5 Å². The molecule has 0 unspecified atom stereocenters. The molecule has 2 fully saturated rings. The van der Waals surface area contributed by atoms with Crippen molar-refractivity contribution in [1.29, 1.82) is 0 Å². The van der Waals surface area contributed by atoms with E-state index in [0.717, 1.165) is 19.3 Å². The standard InChI is InChI=1S/C14H17Cl2NO4S/c15-10-7-11(16)9-12(8-10)22(18,19)17-4-2-1-3-13(17)14-20-5-6-21-14/h7-9,13-14H,1-6H2/t13-/m0/s1. The topological polar surface area (TPSA) is 55.8 Å². The molecule has 0 bridgehead atoms. The molecule has 1 aromatic rings. The van der Waals surface area contributed by atoms with Crippen LogP contribution < -0.4 is 0 Å². The van der Waals surface area contributed by atoms with E-state index in [0.29, 0.717) is 29.8 Å². The summed E-state index contributed by atoms with van der Waals surface area (Å²) in [6, 6.07) is 4.05. The Morgan fingerprint density at radius 3 is 2.32 bits per heavy atom. The van der Waals surface area contributed by atoms with E-state index in [2.05, 4.69) is 0 Å². The van der Waals surface area contributed by atoms with E-state index in [9.17, 15) is 8.42 Å². The van der Waals surface area contributed by atoms with Gasteiger partial charge in [0.1, 0.15) is 0 Å². The number of nitrogens with zero attached hydrogens (tertiary/aromatic N) is 1. The highest BCUT2D eigenvalue weighted by atomic mass is 35.5. The largest absolute Gasteiger partial charge is 0.349 e. The number of halogens is 2. The van der Waals surface area contributed by atoms with E-state index >= 15 is 0 Å². The van der Waals surface area contributed by atoms with Gasteiger partial charge in [-0.25, -0.2) is 8.42 Å². The van der Waals surface area contributed by atoms with E-state index in [-0.39, 0.29) is 10.9 Å². The first-order chi connectivity index (χ1) is 10.5. The monoisotopic (exact) mass is 365 g/mol. The Morgan fingerprint density at radius 1 is 1.05 bits per heavy atom. The fraction of sp³-hybridized carbons (Fsp3) is 0.571. The van der Waals surface area contributed by atoms with Gasteiger partial charge in [0, 0.05) is 16.6 Å². The van der Waals surface area contributed by atoms with Crippen molar-refractivity contribution in [3.8, 4) is 0 Å². The van der Waals surface area contributed by atoms with Crippen LogP contribution in [0.1, 0.15) is 19.3 Å². The van der Waals surface area contributed by atoms with E-state index in [1.54, 1.807) is 0 Å². The zero-order valence-electron chi connectivity index (χ0n) is 11.9. The van der Waals surface area contributed by atoms with Crippen molar-refractivity contribution in [2.24, 2.45) is 0 Å². The highest BCUT2D eigenvalue weighted by Crippen LogP contribution is 2.31. The van der Waals surface area contributed by atoms with Gasteiger partial charge in [-0.05, 0) is 31.0 Å². The molecule has 0 amide bonds. The second kappa shape index (κ2) is 6.63. The molecular weight excluding hydrogens is 349 g/mol.